The molecule has 148 valence electrons. The molecule has 4 rings (SSSR count). The van der Waals surface area contributed by atoms with Crippen molar-refractivity contribution in [1.29, 1.82) is 0 Å². The Morgan fingerprint density at radius 1 is 1.14 bits per heavy atom. The van der Waals surface area contributed by atoms with Gasteiger partial charge in [0.15, 0.2) is 5.78 Å². The van der Waals surface area contributed by atoms with Crippen LogP contribution in [0.25, 0.3) is 0 Å². The van der Waals surface area contributed by atoms with Crippen molar-refractivity contribution in [1.82, 2.24) is 5.32 Å². The fourth-order valence-corrected chi connectivity index (χ4v) is 5.24. The molecule has 0 bridgehead atoms. The molecule has 1 fully saturated rings. The van der Waals surface area contributed by atoms with Crippen LogP contribution < -0.4 is 5.32 Å². The molecule has 1 atom stereocenters. The second-order valence-corrected chi connectivity index (χ2v) is 9.23. The number of Topliss-reactive ketones (excluding diaryl/α,β-unsaturated/α-hetero) is 1. The molecule has 5 heteroatoms. The van der Waals surface area contributed by atoms with Gasteiger partial charge in [-0.1, -0.05) is 18.6 Å². The number of rotatable bonds is 3. The Kier molecular flexibility index (Phi) is 5.90. The molecule has 3 aliphatic rings. The lowest BCUT2D eigenvalue weighted by Gasteiger charge is -2.35. The lowest BCUT2D eigenvalue weighted by Crippen LogP contribution is -2.35. The van der Waals surface area contributed by atoms with Crippen molar-refractivity contribution < 1.29 is 14.3 Å². The van der Waals surface area contributed by atoms with Crippen LogP contribution >= 0.6 is 22.6 Å². The van der Waals surface area contributed by atoms with Crippen molar-refractivity contribution in [3.8, 4) is 0 Å². The number of dihydropyridines is 1. The predicted molar refractivity (Wildman–Crippen MR) is 117 cm³/mol. The molecule has 0 saturated heterocycles. The van der Waals surface area contributed by atoms with Gasteiger partial charge in [-0.3, -0.25) is 4.79 Å². The molecule has 1 aliphatic heterocycles. The van der Waals surface area contributed by atoms with Crippen molar-refractivity contribution >= 4 is 34.3 Å². The van der Waals surface area contributed by atoms with Crippen LogP contribution in [-0.2, 0) is 14.3 Å². The standard InChI is InChI=1S/C23H26INO3/c1-14-20(23(27)28-17-9-3-2-4-10-17)21(15-7-5-8-16(24)13-15)22-18(25-14)11-6-12-19(22)26/h5,7-8,13,17,21,25H,2-4,6,9-12H2,1H3/t21-/m0/s1. The first-order valence-electron chi connectivity index (χ1n) is 10.2. The number of carbonyl (C=O) groups excluding carboxylic acids is 2. The zero-order chi connectivity index (χ0) is 19.7. The van der Waals surface area contributed by atoms with Crippen molar-refractivity contribution in [3.05, 3.63) is 55.9 Å². The number of benzene rings is 1. The average molecular weight is 491 g/mol. The van der Waals surface area contributed by atoms with E-state index in [1.807, 2.05) is 25.1 Å². The van der Waals surface area contributed by atoms with E-state index in [-0.39, 0.29) is 23.8 Å². The zero-order valence-corrected chi connectivity index (χ0v) is 18.4. The molecule has 28 heavy (non-hydrogen) atoms. The molecule has 1 aromatic rings. The van der Waals surface area contributed by atoms with Gasteiger partial charge in [0.05, 0.1) is 5.57 Å². The summed E-state index contributed by atoms with van der Waals surface area (Å²) < 4.78 is 7.02. The number of esters is 1. The van der Waals surface area contributed by atoms with Crippen LogP contribution in [0.2, 0.25) is 0 Å². The second kappa shape index (κ2) is 8.39. The van der Waals surface area contributed by atoms with E-state index in [1.54, 1.807) is 0 Å². The maximum Gasteiger partial charge on any atom is 0.337 e. The highest BCUT2D eigenvalue weighted by Gasteiger charge is 2.39. The second-order valence-electron chi connectivity index (χ2n) is 7.99. The predicted octanol–water partition coefficient (Wildman–Crippen LogP) is 5.14. The summed E-state index contributed by atoms with van der Waals surface area (Å²) in [6.45, 7) is 1.93. The van der Waals surface area contributed by atoms with Crippen molar-refractivity contribution in [3.63, 3.8) is 0 Å². The number of allylic oxidation sites excluding steroid dienone is 3. The Balaban J connectivity index is 1.74. The van der Waals surface area contributed by atoms with E-state index in [1.165, 1.54) is 6.42 Å². The van der Waals surface area contributed by atoms with E-state index in [0.29, 0.717) is 12.0 Å². The van der Waals surface area contributed by atoms with E-state index in [0.717, 1.165) is 64.6 Å². The number of hydrogen-bond donors (Lipinski definition) is 1. The third-order valence-electron chi connectivity index (χ3n) is 6.00. The highest BCUT2D eigenvalue weighted by Crippen LogP contribution is 2.43. The first-order valence-corrected chi connectivity index (χ1v) is 11.3. The summed E-state index contributed by atoms with van der Waals surface area (Å²) in [4.78, 5) is 26.2. The SMILES string of the molecule is CC1=C(C(=O)OC2CCCCC2)[C@H](c2cccc(I)c2)C2=C(CCCC2=O)N1. The molecule has 0 unspecified atom stereocenters. The molecule has 0 amide bonds. The third-order valence-corrected chi connectivity index (χ3v) is 6.67. The first-order chi connectivity index (χ1) is 13.5. The van der Waals surface area contributed by atoms with Gasteiger partial charge in [-0.25, -0.2) is 4.79 Å². The van der Waals surface area contributed by atoms with Crippen LogP contribution in [-0.4, -0.2) is 17.9 Å². The number of nitrogens with one attached hydrogen (secondary N) is 1. The van der Waals surface area contributed by atoms with Gasteiger partial charge in [0, 0.05) is 32.9 Å². The summed E-state index contributed by atoms with van der Waals surface area (Å²) in [6, 6.07) is 8.11. The van der Waals surface area contributed by atoms with Gasteiger partial charge in [0.2, 0.25) is 0 Å². The fraction of sp³-hybridized carbons (Fsp3) is 0.478. The molecule has 1 aromatic carbocycles. The Hall–Kier alpha value is -1.63. The van der Waals surface area contributed by atoms with Gasteiger partial charge >= 0.3 is 5.97 Å². The normalized spacial score (nSPS) is 23.4. The largest absolute Gasteiger partial charge is 0.459 e. The minimum Gasteiger partial charge on any atom is -0.459 e. The van der Waals surface area contributed by atoms with Crippen molar-refractivity contribution in [2.75, 3.05) is 0 Å². The topological polar surface area (TPSA) is 55.4 Å². The number of halogens is 1. The maximum absolute atomic E-state index is 13.3. The van der Waals surface area contributed by atoms with Crippen LogP contribution in [0.5, 0.6) is 0 Å². The number of hydrogen-bond acceptors (Lipinski definition) is 4. The fourth-order valence-electron chi connectivity index (χ4n) is 4.67. The molecule has 0 spiro atoms. The van der Waals surface area contributed by atoms with Crippen LogP contribution in [0.1, 0.15) is 69.8 Å². The Morgan fingerprint density at radius 2 is 1.93 bits per heavy atom. The smallest absolute Gasteiger partial charge is 0.337 e. The molecule has 0 radical (unpaired) electrons. The summed E-state index contributed by atoms with van der Waals surface area (Å²) in [6.07, 6.45) is 7.57. The molecule has 1 heterocycles. The van der Waals surface area contributed by atoms with Crippen LogP contribution in [0.15, 0.2) is 46.8 Å². The van der Waals surface area contributed by atoms with Gasteiger partial charge in [-0.2, -0.15) is 0 Å². The Morgan fingerprint density at radius 3 is 2.68 bits per heavy atom. The first kappa shape index (κ1) is 19.7. The molecular weight excluding hydrogens is 465 g/mol. The van der Waals surface area contributed by atoms with E-state index < -0.39 is 0 Å². The lowest BCUT2D eigenvalue weighted by atomic mass is 9.75. The highest BCUT2D eigenvalue weighted by molar-refractivity contribution is 14.1. The van der Waals surface area contributed by atoms with Gasteiger partial charge in [0.25, 0.3) is 0 Å². The van der Waals surface area contributed by atoms with Gasteiger partial charge < -0.3 is 10.1 Å². The summed E-state index contributed by atoms with van der Waals surface area (Å²) in [5.41, 5.74) is 4.15. The Bertz CT molecular complexity index is 864. The van der Waals surface area contributed by atoms with Crippen LogP contribution in [0.4, 0.5) is 0 Å². The quantitative estimate of drug-likeness (QED) is 0.471. The minimum absolute atomic E-state index is 0.00413. The monoisotopic (exact) mass is 491 g/mol. The Labute approximate surface area is 179 Å². The van der Waals surface area contributed by atoms with Gasteiger partial charge in [0.1, 0.15) is 6.10 Å². The summed E-state index contributed by atoms with van der Waals surface area (Å²) in [7, 11) is 0. The average Bonchev–Trinajstić information content (AvgIpc) is 2.68. The van der Waals surface area contributed by atoms with Gasteiger partial charge in [-0.15, -0.1) is 0 Å². The molecular formula is C23H26INO3. The zero-order valence-electron chi connectivity index (χ0n) is 16.2. The third kappa shape index (κ3) is 3.91. The number of ether oxygens (including phenoxy) is 1. The van der Waals surface area contributed by atoms with E-state index >= 15 is 0 Å². The molecule has 0 aromatic heterocycles. The lowest BCUT2D eigenvalue weighted by molar-refractivity contribution is -0.146. The maximum atomic E-state index is 13.3. The minimum atomic E-state index is -0.338. The molecule has 1 N–H and O–H groups in total. The summed E-state index contributed by atoms with van der Waals surface area (Å²) in [5.74, 6) is -0.464. The number of ketones is 1. The van der Waals surface area contributed by atoms with E-state index in [4.69, 9.17) is 4.74 Å². The van der Waals surface area contributed by atoms with E-state index in [2.05, 4.69) is 34.0 Å². The van der Waals surface area contributed by atoms with E-state index in [9.17, 15) is 9.59 Å². The number of carbonyl (C=O) groups is 2. The highest BCUT2D eigenvalue weighted by atomic mass is 127. The molecule has 2 aliphatic carbocycles. The summed E-state index contributed by atoms with van der Waals surface area (Å²) in [5, 5.41) is 3.37. The summed E-state index contributed by atoms with van der Waals surface area (Å²) >= 11 is 2.28. The molecule has 4 nitrogen and oxygen atoms in total. The van der Waals surface area contributed by atoms with Gasteiger partial charge in [-0.05, 0) is 85.7 Å². The van der Waals surface area contributed by atoms with Crippen LogP contribution in [0, 0.1) is 3.57 Å². The van der Waals surface area contributed by atoms with Crippen LogP contribution in [0.3, 0.4) is 0 Å². The van der Waals surface area contributed by atoms with Crippen molar-refractivity contribution in [2.45, 2.75) is 70.3 Å². The molecule has 1 saturated carbocycles. The van der Waals surface area contributed by atoms with Crippen molar-refractivity contribution in [2.24, 2.45) is 0 Å².